The van der Waals surface area contributed by atoms with Crippen LogP contribution in [-0.2, 0) is 0 Å². The van der Waals surface area contributed by atoms with Crippen LogP contribution in [0, 0.1) is 5.82 Å². The van der Waals surface area contributed by atoms with Gasteiger partial charge in [-0.25, -0.2) is 14.0 Å². The highest BCUT2D eigenvalue weighted by Crippen LogP contribution is 2.15. The Balaban J connectivity index is 2.64. The minimum absolute atomic E-state index is 0.0697. The first-order valence-electron chi connectivity index (χ1n) is 5.61. The quantitative estimate of drug-likeness (QED) is 0.733. The second kappa shape index (κ2) is 6.53. The third kappa shape index (κ3) is 4.79. The highest BCUT2D eigenvalue weighted by atomic mass is 19.1. The molecule has 5 nitrogen and oxygen atoms in total. The van der Waals surface area contributed by atoms with E-state index in [1.165, 1.54) is 12.1 Å². The van der Waals surface area contributed by atoms with E-state index < -0.39 is 17.8 Å². The first-order chi connectivity index (χ1) is 8.90. The fourth-order valence-corrected chi connectivity index (χ4v) is 1.26. The Hall–Kier alpha value is -2.37. The third-order valence-electron chi connectivity index (χ3n) is 2.24. The number of benzene rings is 1. The van der Waals surface area contributed by atoms with Crippen LogP contribution in [0.3, 0.4) is 0 Å². The van der Waals surface area contributed by atoms with Crippen LogP contribution in [0.2, 0.25) is 0 Å². The number of carboxylic acid groups (broad SMARTS) is 1. The second-order valence-corrected chi connectivity index (χ2v) is 4.12. The number of anilines is 1. The number of hydrogen-bond acceptors (Lipinski definition) is 2. The first kappa shape index (κ1) is 14.7. The average molecular weight is 266 g/mol. The number of carbonyl (C=O) groups is 2. The summed E-state index contributed by atoms with van der Waals surface area (Å²) in [5.74, 6) is -2.02. The van der Waals surface area contributed by atoms with Crippen molar-refractivity contribution in [2.24, 2.45) is 0 Å². The summed E-state index contributed by atoms with van der Waals surface area (Å²) >= 11 is 0. The van der Waals surface area contributed by atoms with Gasteiger partial charge in [-0.3, -0.25) is 0 Å². The van der Waals surface area contributed by atoms with E-state index in [9.17, 15) is 14.0 Å². The lowest BCUT2D eigenvalue weighted by Crippen LogP contribution is -2.29. The number of nitrogens with one attached hydrogen (secondary N) is 2. The number of rotatable bonds is 4. The van der Waals surface area contributed by atoms with E-state index in [0.717, 1.165) is 11.6 Å². The Labute approximate surface area is 110 Å². The van der Waals surface area contributed by atoms with Gasteiger partial charge >= 0.3 is 12.0 Å². The Bertz CT molecular complexity index is 523. The molecule has 0 bridgehead atoms. The van der Waals surface area contributed by atoms with Crippen molar-refractivity contribution >= 4 is 17.7 Å². The Kier molecular flexibility index (Phi) is 5.05. The van der Waals surface area contributed by atoms with Gasteiger partial charge < -0.3 is 15.7 Å². The minimum atomic E-state index is -1.22. The average Bonchev–Trinajstić information content (AvgIpc) is 2.31. The zero-order valence-corrected chi connectivity index (χ0v) is 10.7. The van der Waals surface area contributed by atoms with Gasteiger partial charge in [0.2, 0.25) is 0 Å². The molecule has 0 saturated heterocycles. The minimum Gasteiger partial charge on any atom is -0.478 e. The normalized spacial score (nSPS) is 9.63. The Morgan fingerprint density at radius 2 is 2.05 bits per heavy atom. The van der Waals surface area contributed by atoms with E-state index in [4.69, 9.17) is 5.11 Å². The van der Waals surface area contributed by atoms with Crippen LogP contribution in [-0.4, -0.2) is 23.7 Å². The van der Waals surface area contributed by atoms with Crippen LogP contribution in [0.25, 0.3) is 0 Å². The summed E-state index contributed by atoms with van der Waals surface area (Å²) in [5, 5.41) is 13.5. The van der Waals surface area contributed by atoms with E-state index in [0.29, 0.717) is 6.54 Å². The van der Waals surface area contributed by atoms with Crippen molar-refractivity contribution in [2.45, 2.75) is 13.8 Å². The number of hydrogen-bond donors (Lipinski definition) is 3. The van der Waals surface area contributed by atoms with Crippen LogP contribution in [0.1, 0.15) is 24.2 Å². The van der Waals surface area contributed by atoms with Gasteiger partial charge in [-0.2, -0.15) is 0 Å². The molecule has 3 N–H and O–H groups in total. The van der Waals surface area contributed by atoms with Gasteiger partial charge in [0.25, 0.3) is 0 Å². The molecule has 2 amide bonds. The van der Waals surface area contributed by atoms with Crippen molar-refractivity contribution in [3.8, 4) is 0 Å². The molecule has 102 valence electrons. The Morgan fingerprint density at radius 1 is 1.37 bits per heavy atom. The van der Waals surface area contributed by atoms with Gasteiger partial charge in [0, 0.05) is 6.54 Å². The SMILES string of the molecule is CC(C)=CCNC(=O)Nc1ccc(C(=O)O)cc1F. The second-order valence-electron chi connectivity index (χ2n) is 4.12. The van der Waals surface area contributed by atoms with Gasteiger partial charge in [0.15, 0.2) is 0 Å². The van der Waals surface area contributed by atoms with E-state index in [1.54, 1.807) is 0 Å². The van der Waals surface area contributed by atoms with Crippen LogP contribution >= 0.6 is 0 Å². The summed E-state index contributed by atoms with van der Waals surface area (Å²) in [6.07, 6.45) is 1.81. The molecule has 0 fully saturated rings. The van der Waals surface area contributed by atoms with Crippen LogP contribution in [0.15, 0.2) is 29.8 Å². The molecular formula is C13H15FN2O3. The van der Waals surface area contributed by atoms with Crippen molar-refractivity contribution in [1.82, 2.24) is 5.32 Å². The zero-order chi connectivity index (χ0) is 14.4. The van der Waals surface area contributed by atoms with Crippen LogP contribution in [0.5, 0.6) is 0 Å². The number of amides is 2. The Morgan fingerprint density at radius 3 is 2.58 bits per heavy atom. The molecule has 0 aliphatic heterocycles. The van der Waals surface area contributed by atoms with Gasteiger partial charge in [-0.15, -0.1) is 0 Å². The summed E-state index contributed by atoms with van der Waals surface area (Å²) in [7, 11) is 0. The van der Waals surface area contributed by atoms with Crippen molar-refractivity contribution in [1.29, 1.82) is 0 Å². The number of carboxylic acids is 1. The third-order valence-corrected chi connectivity index (χ3v) is 2.24. The van der Waals surface area contributed by atoms with E-state index in [1.807, 2.05) is 19.9 Å². The first-order valence-corrected chi connectivity index (χ1v) is 5.61. The summed E-state index contributed by atoms with van der Waals surface area (Å²) in [6.45, 7) is 4.12. The lowest BCUT2D eigenvalue weighted by molar-refractivity contribution is 0.0696. The number of allylic oxidation sites excluding steroid dienone is 1. The molecule has 19 heavy (non-hydrogen) atoms. The highest BCUT2D eigenvalue weighted by molar-refractivity contribution is 5.91. The molecule has 1 aromatic rings. The summed E-state index contributed by atoms with van der Waals surface area (Å²) in [4.78, 5) is 22.0. The standard InChI is InChI=1S/C13H15FN2O3/c1-8(2)5-6-15-13(19)16-11-4-3-9(12(17)18)7-10(11)14/h3-5,7H,6H2,1-2H3,(H,17,18)(H2,15,16,19). The predicted molar refractivity (Wildman–Crippen MR) is 69.8 cm³/mol. The highest BCUT2D eigenvalue weighted by Gasteiger charge is 2.10. The van der Waals surface area contributed by atoms with Gasteiger partial charge in [0.05, 0.1) is 11.3 Å². The van der Waals surface area contributed by atoms with E-state index >= 15 is 0 Å². The molecule has 0 radical (unpaired) electrons. The van der Waals surface area contributed by atoms with E-state index in [-0.39, 0.29) is 11.3 Å². The van der Waals surface area contributed by atoms with Crippen LogP contribution in [0.4, 0.5) is 14.9 Å². The molecule has 0 spiro atoms. The number of halogens is 1. The zero-order valence-electron chi connectivity index (χ0n) is 10.7. The van der Waals surface area contributed by atoms with Crippen molar-refractivity contribution in [3.05, 3.63) is 41.2 Å². The lowest BCUT2D eigenvalue weighted by atomic mass is 10.2. The van der Waals surface area contributed by atoms with Crippen molar-refractivity contribution in [3.63, 3.8) is 0 Å². The fourth-order valence-electron chi connectivity index (χ4n) is 1.26. The molecule has 0 heterocycles. The molecular weight excluding hydrogens is 251 g/mol. The number of urea groups is 1. The van der Waals surface area contributed by atoms with Crippen LogP contribution < -0.4 is 10.6 Å². The number of aromatic carboxylic acids is 1. The lowest BCUT2D eigenvalue weighted by Gasteiger charge is -2.07. The molecule has 0 aromatic heterocycles. The van der Waals surface area contributed by atoms with Crippen molar-refractivity contribution in [2.75, 3.05) is 11.9 Å². The molecule has 0 saturated carbocycles. The largest absolute Gasteiger partial charge is 0.478 e. The van der Waals surface area contributed by atoms with E-state index in [2.05, 4.69) is 10.6 Å². The van der Waals surface area contributed by atoms with Gasteiger partial charge in [-0.1, -0.05) is 11.6 Å². The summed E-state index contributed by atoms with van der Waals surface area (Å²) in [6, 6.07) is 2.73. The smallest absolute Gasteiger partial charge is 0.335 e. The predicted octanol–water partition coefficient (Wildman–Crippen LogP) is 2.61. The molecule has 0 unspecified atom stereocenters. The monoisotopic (exact) mass is 266 g/mol. The molecule has 1 aromatic carbocycles. The summed E-state index contributed by atoms with van der Waals surface area (Å²) < 4.78 is 13.5. The maximum absolute atomic E-state index is 13.5. The maximum atomic E-state index is 13.5. The summed E-state index contributed by atoms with van der Waals surface area (Å²) in [5.41, 5.74) is 0.810. The van der Waals surface area contributed by atoms with Crippen molar-refractivity contribution < 1.29 is 19.1 Å². The topological polar surface area (TPSA) is 78.4 Å². The molecule has 0 aliphatic carbocycles. The molecule has 1 rings (SSSR count). The molecule has 0 aliphatic rings. The molecule has 0 atom stereocenters. The maximum Gasteiger partial charge on any atom is 0.335 e. The van der Waals surface area contributed by atoms with Gasteiger partial charge in [-0.05, 0) is 32.0 Å². The fraction of sp³-hybridized carbons (Fsp3) is 0.231. The number of carbonyl (C=O) groups excluding carboxylic acids is 1. The van der Waals surface area contributed by atoms with Gasteiger partial charge in [0.1, 0.15) is 5.82 Å². The molecule has 6 heteroatoms.